The van der Waals surface area contributed by atoms with E-state index in [0.717, 1.165) is 12.6 Å². The molecule has 0 heterocycles. The van der Waals surface area contributed by atoms with Gasteiger partial charge >= 0.3 is 0 Å². The molecule has 4 heteroatoms. The Labute approximate surface area is 114 Å². The van der Waals surface area contributed by atoms with Gasteiger partial charge < -0.3 is 10.4 Å². The highest BCUT2D eigenvalue weighted by Gasteiger charge is 2.28. The molecule has 19 heavy (non-hydrogen) atoms. The van der Waals surface area contributed by atoms with Crippen molar-refractivity contribution < 1.29 is 9.50 Å². The van der Waals surface area contributed by atoms with Crippen LogP contribution in [-0.4, -0.2) is 42.2 Å². The molecule has 0 radical (unpaired) electrons. The highest BCUT2D eigenvalue weighted by Crippen LogP contribution is 2.26. The van der Waals surface area contributed by atoms with Crippen molar-refractivity contribution in [3.63, 3.8) is 0 Å². The van der Waals surface area contributed by atoms with Crippen molar-refractivity contribution in [3.8, 4) is 0 Å². The summed E-state index contributed by atoms with van der Waals surface area (Å²) in [4.78, 5) is 2.36. The normalized spacial score (nSPS) is 18.6. The molecule has 1 fully saturated rings. The minimum absolute atomic E-state index is 0.347. The summed E-state index contributed by atoms with van der Waals surface area (Å²) in [6.45, 7) is 3.35. The second-order valence-electron chi connectivity index (χ2n) is 5.44. The fourth-order valence-electron chi connectivity index (χ4n) is 2.27. The number of aliphatic hydroxyl groups excluding tert-OH is 1. The van der Waals surface area contributed by atoms with Gasteiger partial charge in [0.1, 0.15) is 5.82 Å². The molecule has 2 N–H and O–H groups in total. The fourth-order valence-corrected chi connectivity index (χ4v) is 2.27. The molecule has 1 aromatic carbocycles. The minimum Gasteiger partial charge on any atom is -0.387 e. The van der Waals surface area contributed by atoms with Crippen molar-refractivity contribution in [1.29, 1.82) is 0 Å². The first-order chi connectivity index (χ1) is 9.09. The first kappa shape index (κ1) is 14.4. The van der Waals surface area contributed by atoms with Gasteiger partial charge in [-0.1, -0.05) is 18.2 Å². The Bertz CT molecular complexity index is 409. The van der Waals surface area contributed by atoms with Gasteiger partial charge in [0.2, 0.25) is 0 Å². The van der Waals surface area contributed by atoms with E-state index >= 15 is 0 Å². The Balaban J connectivity index is 1.74. The van der Waals surface area contributed by atoms with Gasteiger partial charge in [0.15, 0.2) is 0 Å². The number of nitrogens with one attached hydrogen (secondary N) is 1. The number of nitrogens with zero attached hydrogens (tertiary/aromatic N) is 1. The zero-order valence-electron chi connectivity index (χ0n) is 11.6. The molecule has 0 aromatic heterocycles. The zero-order chi connectivity index (χ0) is 13.8. The summed E-state index contributed by atoms with van der Waals surface area (Å²) in [5, 5.41) is 13.2. The van der Waals surface area contributed by atoms with Gasteiger partial charge in [0.05, 0.1) is 6.10 Å². The zero-order valence-corrected chi connectivity index (χ0v) is 11.6. The summed E-state index contributed by atoms with van der Waals surface area (Å²) >= 11 is 0. The highest BCUT2D eigenvalue weighted by atomic mass is 19.1. The van der Waals surface area contributed by atoms with Crippen molar-refractivity contribution in [2.75, 3.05) is 20.1 Å². The summed E-state index contributed by atoms with van der Waals surface area (Å²) in [5.41, 5.74) is 0.359. The topological polar surface area (TPSA) is 35.5 Å². The summed E-state index contributed by atoms with van der Waals surface area (Å²) in [5.74, 6) is -0.347. The molecule has 1 aromatic rings. The van der Waals surface area contributed by atoms with Crippen LogP contribution in [0.4, 0.5) is 4.39 Å². The van der Waals surface area contributed by atoms with Crippen molar-refractivity contribution in [2.24, 2.45) is 0 Å². The second-order valence-corrected chi connectivity index (χ2v) is 5.44. The number of hydrogen-bond acceptors (Lipinski definition) is 3. The van der Waals surface area contributed by atoms with E-state index in [-0.39, 0.29) is 5.82 Å². The largest absolute Gasteiger partial charge is 0.387 e. The predicted octanol–water partition coefficient (Wildman–Crippen LogP) is 1.93. The Morgan fingerprint density at radius 3 is 2.68 bits per heavy atom. The van der Waals surface area contributed by atoms with Gasteiger partial charge in [0.25, 0.3) is 0 Å². The molecule has 0 amide bonds. The molecular formula is C15H23FN2O. The average molecular weight is 266 g/mol. The summed E-state index contributed by atoms with van der Waals surface area (Å²) in [7, 11) is 2.14. The Morgan fingerprint density at radius 1 is 1.37 bits per heavy atom. The molecule has 2 atom stereocenters. The number of rotatable bonds is 7. The number of hydrogen-bond donors (Lipinski definition) is 2. The van der Waals surface area contributed by atoms with Gasteiger partial charge in [-0.2, -0.15) is 0 Å². The van der Waals surface area contributed by atoms with Crippen LogP contribution in [0.25, 0.3) is 0 Å². The maximum atomic E-state index is 13.5. The minimum atomic E-state index is -0.792. The molecular weight excluding hydrogens is 243 g/mol. The van der Waals surface area contributed by atoms with Crippen LogP contribution in [0, 0.1) is 5.82 Å². The van der Waals surface area contributed by atoms with Gasteiger partial charge in [0, 0.05) is 30.7 Å². The summed E-state index contributed by atoms with van der Waals surface area (Å²) in [6, 6.07) is 7.54. The van der Waals surface area contributed by atoms with Crippen molar-refractivity contribution >= 4 is 0 Å². The van der Waals surface area contributed by atoms with Crippen LogP contribution in [0.3, 0.4) is 0 Å². The van der Waals surface area contributed by atoms with Gasteiger partial charge in [-0.3, -0.25) is 4.90 Å². The molecule has 0 bridgehead atoms. The van der Waals surface area contributed by atoms with Gasteiger partial charge in [-0.15, -0.1) is 0 Å². The van der Waals surface area contributed by atoms with Crippen molar-refractivity contribution in [1.82, 2.24) is 10.2 Å². The average Bonchev–Trinajstić information content (AvgIpc) is 3.22. The van der Waals surface area contributed by atoms with E-state index in [1.165, 1.54) is 18.9 Å². The molecule has 1 aliphatic rings. The lowest BCUT2D eigenvalue weighted by Gasteiger charge is -2.25. The van der Waals surface area contributed by atoms with Gasteiger partial charge in [-0.25, -0.2) is 4.39 Å². The van der Waals surface area contributed by atoms with Crippen LogP contribution in [0.1, 0.15) is 31.4 Å². The molecule has 0 aliphatic heterocycles. The molecule has 0 spiro atoms. The van der Waals surface area contributed by atoms with Crippen LogP contribution < -0.4 is 5.32 Å². The number of halogens is 1. The summed E-state index contributed by atoms with van der Waals surface area (Å²) < 4.78 is 13.5. The third-order valence-corrected chi connectivity index (χ3v) is 3.86. The Hall–Kier alpha value is -0.970. The van der Waals surface area contributed by atoms with E-state index in [9.17, 15) is 9.50 Å². The number of benzene rings is 1. The Morgan fingerprint density at radius 2 is 2.05 bits per heavy atom. The van der Waals surface area contributed by atoms with Gasteiger partial charge in [-0.05, 0) is 32.9 Å². The monoisotopic (exact) mass is 266 g/mol. The quantitative estimate of drug-likeness (QED) is 0.791. The van der Waals surface area contributed by atoms with Crippen molar-refractivity contribution in [2.45, 2.75) is 38.0 Å². The first-order valence-electron chi connectivity index (χ1n) is 6.94. The Kier molecular flexibility index (Phi) is 4.91. The molecule has 1 saturated carbocycles. The lowest BCUT2D eigenvalue weighted by atomic mass is 10.1. The smallest absolute Gasteiger partial charge is 0.129 e. The van der Waals surface area contributed by atoms with E-state index in [1.807, 2.05) is 0 Å². The molecule has 3 nitrogen and oxygen atoms in total. The molecule has 2 unspecified atom stereocenters. The predicted molar refractivity (Wildman–Crippen MR) is 74.5 cm³/mol. The third-order valence-electron chi connectivity index (χ3n) is 3.86. The fraction of sp³-hybridized carbons (Fsp3) is 0.600. The lowest BCUT2D eigenvalue weighted by Crippen LogP contribution is -2.40. The number of likely N-dealkylation sites (N-methyl/N-ethyl adjacent to an activating group) is 1. The molecule has 2 rings (SSSR count). The lowest BCUT2D eigenvalue weighted by molar-refractivity contribution is 0.163. The number of aliphatic hydroxyl groups is 1. The SMILES string of the molecule is CC(CNCC(O)c1ccccc1F)N(C)C1CC1. The molecule has 106 valence electrons. The third kappa shape index (κ3) is 4.00. The van der Waals surface area contributed by atoms with E-state index in [4.69, 9.17) is 0 Å². The van der Waals surface area contributed by atoms with Crippen LogP contribution >= 0.6 is 0 Å². The van der Waals surface area contributed by atoms with Crippen molar-refractivity contribution in [3.05, 3.63) is 35.6 Å². The maximum Gasteiger partial charge on any atom is 0.129 e. The first-order valence-corrected chi connectivity index (χ1v) is 6.94. The van der Waals surface area contributed by atoms with E-state index in [0.29, 0.717) is 18.2 Å². The van der Waals surface area contributed by atoms with E-state index < -0.39 is 6.10 Å². The van der Waals surface area contributed by atoms with Crippen LogP contribution in [0.15, 0.2) is 24.3 Å². The van der Waals surface area contributed by atoms with Crippen LogP contribution in [-0.2, 0) is 0 Å². The van der Waals surface area contributed by atoms with Crippen LogP contribution in [0.2, 0.25) is 0 Å². The molecule has 0 saturated heterocycles. The highest BCUT2D eigenvalue weighted by molar-refractivity contribution is 5.19. The van der Waals surface area contributed by atoms with E-state index in [1.54, 1.807) is 18.2 Å². The summed E-state index contributed by atoms with van der Waals surface area (Å²) in [6.07, 6.45) is 1.79. The van der Waals surface area contributed by atoms with Crippen LogP contribution in [0.5, 0.6) is 0 Å². The maximum absolute atomic E-state index is 13.5. The van der Waals surface area contributed by atoms with E-state index in [2.05, 4.69) is 24.2 Å². The standard InChI is InChI=1S/C15H23FN2O/c1-11(18(2)12-7-8-12)9-17-10-15(19)13-5-3-4-6-14(13)16/h3-6,11-12,15,17,19H,7-10H2,1-2H3. The molecule has 1 aliphatic carbocycles. The second kappa shape index (κ2) is 6.46.